The van der Waals surface area contributed by atoms with Gasteiger partial charge in [-0.25, -0.2) is 14.8 Å². The van der Waals surface area contributed by atoms with Gasteiger partial charge in [-0.05, 0) is 23.3 Å². The van der Waals surface area contributed by atoms with E-state index in [4.69, 9.17) is 4.74 Å². The minimum absolute atomic E-state index is 0.314. The predicted octanol–water partition coefficient (Wildman–Crippen LogP) is 4.44. The Morgan fingerprint density at radius 3 is 2.43 bits per heavy atom. The van der Waals surface area contributed by atoms with Crippen molar-refractivity contribution in [2.45, 2.75) is 20.3 Å². The summed E-state index contributed by atoms with van der Waals surface area (Å²) in [7, 11) is 1.33. The summed E-state index contributed by atoms with van der Waals surface area (Å²) in [6, 6.07) is 9.52. The molecule has 2 heterocycles. The fraction of sp³-hybridized carbons (Fsp3) is 0.238. The number of rotatable bonds is 6. The number of esters is 1. The molecule has 2 aromatic heterocycles. The monoisotopic (exact) mass is 395 g/mol. The molecule has 0 saturated carbocycles. The Morgan fingerprint density at radius 1 is 1.14 bits per heavy atom. The Morgan fingerprint density at radius 2 is 1.82 bits per heavy atom. The van der Waals surface area contributed by atoms with Crippen LogP contribution in [0.3, 0.4) is 0 Å². The van der Waals surface area contributed by atoms with Crippen LogP contribution in [-0.2, 0) is 11.2 Å². The van der Waals surface area contributed by atoms with Crippen LogP contribution in [0.5, 0.6) is 0 Å². The summed E-state index contributed by atoms with van der Waals surface area (Å²) in [5.74, 6) is 0.0915. The molecule has 0 bridgehead atoms. The van der Waals surface area contributed by atoms with Gasteiger partial charge in [0.25, 0.3) is 5.91 Å². The lowest BCUT2D eigenvalue weighted by Gasteiger charge is -2.09. The maximum atomic E-state index is 12.6. The molecule has 0 aliphatic carbocycles. The first kappa shape index (κ1) is 19.7. The number of ether oxygens (including phenoxy) is 1. The second-order valence-corrected chi connectivity index (χ2v) is 7.55. The number of methoxy groups -OCH3 is 1. The topological polar surface area (TPSA) is 81.2 Å². The Labute approximate surface area is 167 Å². The van der Waals surface area contributed by atoms with Crippen molar-refractivity contribution < 1.29 is 14.3 Å². The lowest BCUT2D eigenvalue weighted by Crippen LogP contribution is -2.15. The number of amides is 1. The van der Waals surface area contributed by atoms with E-state index >= 15 is 0 Å². The van der Waals surface area contributed by atoms with Gasteiger partial charge in [0, 0.05) is 18.0 Å². The van der Waals surface area contributed by atoms with Crippen molar-refractivity contribution in [2.24, 2.45) is 5.92 Å². The number of nitrogens with zero attached hydrogens (tertiary/aromatic N) is 2. The molecule has 0 atom stereocenters. The van der Waals surface area contributed by atoms with Crippen LogP contribution < -0.4 is 5.32 Å². The lowest BCUT2D eigenvalue weighted by atomic mass is 10.0. The molecule has 0 saturated heterocycles. The predicted molar refractivity (Wildman–Crippen MR) is 110 cm³/mol. The lowest BCUT2D eigenvalue weighted by molar-refractivity contribution is 0.0601. The second-order valence-electron chi connectivity index (χ2n) is 6.67. The van der Waals surface area contributed by atoms with E-state index < -0.39 is 5.97 Å². The number of aromatic nitrogens is 2. The Bertz CT molecular complexity index is 966. The largest absolute Gasteiger partial charge is 0.465 e. The van der Waals surface area contributed by atoms with Crippen LogP contribution in [0.4, 0.5) is 5.00 Å². The van der Waals surface area contributed by atoms with Gasteiger partial charge in [-0.3, -0.25) is 4.79 Å². The molecule has 3 aromatic rings. The van der Waals surface area contributed by atoms with Crippen LogP contribution in [-0.4, -0.2) is 29.0 Å². The molecular weight excluding hydrogens is 374 g/mol. The van der Waals surface area contributed by atoms with E-state index in [2.05, 4.69) is 29.1 Å². The number of carbonyl (C=O) groups is 2. The molecule has 3 rings (SSSR count). The van der Waals surface area contributed by atoms with Gasteiger partial charge in [-0.2, -0.15) is 0 Å². The molecule has 0 unspecified atom stereocenters. The van der Waals surface area contributed by atoms with Crippen molar-refractivity contribution in [2.75, 3.05) is 12.4 Å². The van der Waals surface area contributed by atoms with Gasteiger partial charge in [0.05, 0.1) is 18.2 Å². The van der Waals surface area contributed by atoms with E-state index in [1.807, 2.05) is 35.7 Å². The third kappa shape index (κ3) is 4.43. The highest BCUT2D eigenvalue weighted by Gasteiger charge is 2.22. The smallest absolute Gasteiger partial charge is 0.341 e. The first-order valence-corrected chi connectivity index (χ1v) is 9.75. The normalized spacial score (nSPS) is 10.7. The van der Waals surface area contributed by atoms with Crippen LogP contribution in [0.15, 0.2) is 48.1 Å². The number of carbonyl (C=O) groups excluding carboxylic acids is 2. The minimum atomic E-state index is -0.456. The Balaban J connectivity index is 1.81. The molecule has 144 valence electrons. The zero-order valence-electron chi connectivity index (χ0n) is 15.9. The fourth-order valence-corrected chi connectivity index (χ4v) is 3.72. The van der Waals surface area contributed by atoms with Crippen LogP contribution in [0.2, 0.25) is 0 Å². The summed E-state index contributed by atoms with van der Waals surface area (Å²) in [4.78, 5) is 33.4. The molecule has 0 fully saturated rings. The summed E-state index contributed by atoms with van der Waals surface area (Å²) in [5, 5.41) is 5.15. The van der Waals surface area contributed by atoms with E-state index in [1.54, 1.807) is 0 Å². The molecule has 1 N–H and O–H groups in total. The van der Waals surface area contributed by atoms with Crippen molar-refractivity contribution >= 4 is 28.2 Å². The maximum Gasteiger partial charge on any atom is 0.341 e. The van der Waals surface area contributed by atoms with Gasteiger partial charge in [0.2, 0.25) is 0 Å². The maximum absolute atomic E-state index is 12.6. The number of hydrogen-bond donors (Lipinski definition) is 1. The standard InChI is InChI=1S/C21H21N3O3S/c1-13(2)9-15-12-28-20(17(15)21(26)27-3)24-19(25)16-10-22-18(23-11-16)14-7-5-4-6-8-14/h4-8,10-13H,9H2,1-3H3,(H,24,25). The molecule has 0 aliphatic rings. The molecule has 0 spiro atoms. The van der Waals surface area contributed by atoms with Crippen molar-refractivity contribution in [3.63, 3.8) is 0 Å². The minimum Gasteiger partial charge on any atom is -0.465 e. The first-order valence-electron chi connectivity index (χ1n) is 8.87. The summed E-state index contributed by atoms with van der Waals surface area (Å²) in [6.45, 7) is 4.14. The number of nitrogens with one attached hydrogen (secondary N) is 1. The van der Waals surface area contributed by atoms with Crippen molar-refractivity contribution in [1.29, 1.82) is 0 Å². The van der Waals surface area contributed by atoms with E-state index in [1.165, 1.54) is 30.8 Å². The van der Waals surface area contributed by atoms with Crippen molar-refractivity contribution in [3.05, 3.63) is 64.8 Å². The van der Waals surface area contributed by atoms with Crippen LogP contribution in [0.1, 0.15) is 40.1 Å². The summed E-state index contributed by atoms with van der Waals surface area (Å²) >= 11 is 1.31. The zero-order chi connectivity index (χ0) is 20.1. The van der Waals surface area contributed by atoms with Gasteiger partial charge >= 0.3 is 5.97 Å². The molecule has 1 aromatic carbocycles. The summed E-state index contributed by atoms with van der Waals surface area (Å²) < 4.78 is 4.90. The Hall–Kier alpha value is -3.06. The number of benzene rings is 1. The van der Waals surface area contributed by atoms with Crippen LogP contribution >= 0.6 is 11.3 Å². The fourth-order valence-electron chi connectivity index (χ4n) is 2.76. The number of anilines is 1. The third-order valence-corrected chi connectivity index (χ3v) is 5.00. The van der Waals surface area contributed by atoms with Crippen molar-refractivity contribution in [1.82, 2.24) is 9.97 Å². The quantitative estimate of drug-likeness (QED) is 0.624. The molecule has 6 nitrogen and oxygen atoms in total. The van der Waals surface area contributed by atoms with E-state index in [0.717, 1.165) is 17.5 Å². The van der Waals surface area contributed by atoms with Gasteiger partial charge < -0.3 is 10.1 Å². The van der Waals surface area contributed by atoms with Crippen LogP contribution in [0, 0.1) is 5.92 Å². The van der Waals surface area contributed by atoms with E-state index in [9.17, 15) is 9.59 Å². The molecule has 0 aliphatic heterocycles. The number of hydrogen-bond acceptors (Lipinski definition) is 6. The first-order chi connectivity index (χ1) is 13.5. The SMILES string of the molecule is COC(=O)c1c(CC(C)C)csc1NC(=O)c1cnc(-c2ccccc2)nc1. The highest BCUT2D eigenvalue weighted by molar-refractivity contribution is 7.15. The molecule has 7 heteroatoms. The molecular formula is C21H21N3O3S. The zero-order valence-corrected chi connectivity index (χ0v) is 16.7. The van der Waals surface area contributed by atoms with Gasteiger partial charge in [0.15, 0.2) is 5.82 Å². The Kier molecular flexibility index (Phi) is 6.16. The summed E-state index contributed by atoms with van der Waals surface area (Å²) in [6.07, 6.45) is 3.68. The van der Waals surface area contributed by atoms with Gasteiger partial charge in [-0.1, -0.05) is 44.2 Å². The summed E-state index contributed by atoms with van der Waals surface area (Å²) in [5.41, 5.74) is 2.47. The average molecular weight is 395 g/mol. The van der Waals surface area contributed by atoms with E-state index in [-0.39, 0.29) is 5.91 Å². The third-order valence-electron chi connectivity index (χ3n) is 4.06. The molecule has 0 radical (unpaired) electrons. The highest BCUT2D eigenvalue weighted by Crippen LogP contribution is 2.31. The van der Waals surface area contributed by atoms with Crippen LogP contribution in [0.25, 0.3) is 11.4 Å². The molecule has 28 heavy (non-hydrogen) atoms. The highest BCUT2D eigenvalue weighted by atomic mass is 32.1. The molecule has 1 amide bonds. The van der Waals surface area contributed by atoms with Crippen molar-refractivity contribution in [3.8, 4) is 11.4 Å². The number of thiophene rings is 1. The average Bonchev–Trinajstić information content (AvgIpc) is 3.09. The van der Waals surface area contributed by atoms with Gasteiger partial charge in [-0.15, -0.1) is 11.3 Å². The van der Waals surface area contributed by atoms with Gasteiger partial charge in [0.1, 0.15) is 5.00 Å². The van der Waals surface area contributed by atoms with E-state index in [0.29, 0.717) is 27.9 Å². The second kappa shape index (κ2) is 8.75.